The number of nitrogens with zero attached hydrogens (tertiary/aromatic N) is 3. The van der Waals surface area contributed by atoms with Crippen molar-refractivity contribution in [2.75, 3.05) is 0 Å². The molecule has 1 aliphatic rings. The van der Waals surface area contributed by atoms with E-state index < -0.39 is 52.5 Å². The van der Waals surface area contributed by atoms with Crippen LogP contribution in [0.2, 0.25) is 5.02 Å². The molecule has 0 radical (unpaired) electrons. The number of likely N-dealkylation sites (tertiary alicyclic amines) is 1. The van der Waals surface area contributed by atoms with E-state index in [9.17, 15) is 24.0 Å². The fraction of sp³-hybridized carbons (Fsp3) is 0.367. The van der Waals surface area contributed by atoms with Gasteiger partial charge in [-0.2, -0.15) is 10.4 Å². The number of carbonyl (C=O) groups is 2. The highest BCUT2D eigenvalue weighted by atomic mass is 35.5. The quantitative estimate of drug-likeness (QED) is 0.369. The van der Waals surface area contributed by atoms with Crippen molar-refractivity contribution in [1.82, 2.24) is 20.4 Å². The average molecular weight is 598 g/mol. The number of hydrogen-bond acceptors (Lipinski definition) is 6. The number of carbonyl (C=O) groups excluding carboxylic acids is 2. The number of halogens is 3. The molecule has 220 valence electrons. The predicted molar refractivity (Wildman–Crippen MR) is 151 cm³/mol. The topological polar surface area (TPSA) is 128 Å². The molecule has 0 saturated carbocycles. The Morgan fingerprint density at radius 2 is 1.90 bits per heavy atom. The zero-order valence-corrected chi connectivity index (χ0v) is 24.5. The first kappa shape index (κ1) is 30.7. The van der Waals surface area contributed by atoms with Crippen molar-refractivity contribution in [2.24, 2.45) is 5.41 Å². The number of benzene rings is 2. The molecule has 2 aromatic carbocycles. The van der Waals surface area contributed by atoms with E-state index in [1.165, 1.54) is 49.1 Å². The standard InChI is InChI=1S/C30H30ClF2N5O4/c1-15-10-18(12-22(33)26(15)42-24-11-16(2)36-37-28(24)40)27(39)35-17(3)29(41)38-23(8-9-25(38)30(4,5)14-34)20-13-19(31)6-7-21(20)32/h6-7,10-13,17,23,25H,8-9H2,1-5H3,(H,35,39)(H,37,40)/t17-,23+,25-/m1/s1. The van der Waals surface area contributed by atoms with Gasteiger partial charge in [-0.05, 0) is 83.4 Å². The summed E-state index contributed by atoms with van der Waals surface area (Å²) in [4.78, 5) is 40.4. The number of nitrogens with one attached hydrogen (secondary N) is 2. The second-order valence-corrected chi connectivity index (χ2v) is 11.4. The van der Waals surface area contributed by atoms with Gasteiger partial charge in [0.05, 0.1) is 29.3 Å². The van der Waals surface area contributed by atoms with E-state index in [2.05, 4.69) is 21.6 Å². The average Bonchev–Trinajstić information content (AvgIpc) is 3.39. The lowest BCUT2D eigenvalue weighted by Gasteiger charge is -2.38. The second-order valence-electron chi connectivity index (χ2n) is 11.0. The lowest BCUT2D eigenvalue weighted by atomic mass is 9.84. The number of aryl methyl sites for hydroxylation is 2. The van der Waals surface area contributed by atoms with E-state index in [1.54, 1.807) is 20.8 Å². The van der Waals surface area contributed by atoms with Gasteiger partial charge in [0.2, 0.25) is 5.91 Å². The van der Waals surface area contributed by atoms with Crippen LogP contribution in [-0.2, 0) is 4.79 Å². The van der Waals surface area contributed by atoms with Crippen LogP contribution in [0.15, 0.2) is 41.2 Å². The van der Waals surface area contributed by atoms with Crippen LogP contribution >= 0.6 is 11.6 Å². The minimum atomic E-state index is -1.10. The molecule has 0 bridgehead atoms. The van der Waals surface area contributed by atoms with Gasteiger partial charge in [-0.3, -0.25) is 14.4 Å². The van der Waals surface area contributed by atoms with Crippen LogP contribution in [0.1, 0.15) is 66.8 Å². The van der Waals surface area contributed by atoms with Gasteiger partial charge in [-0.25, -0.2) is 13.9 Å². The molecular weight excluding hydrogens is 568 g/mol. The van der Waals surface area contributed by atoms with Crippen LogP contribution in [0, 0.1) is 42.2 Å². The van der Waals surface area contributed by atoms with E-state index >= 15 is 4.39 Å². The van der Waals surface area contributed by atoms with Crippen molar-refractivity contribution >= 4 is 23.4 Å². The van der Waals surface area contributed by atoms with Gasteiger partial charge in [0.25, 0.3) is 5.91 Å². The Hall–Kier alpha value is -4.30. The molecule has 1 fully saturated rings. The van der Waals surface area contributed by atoms with Crippen LogP contribution < -0.4 is 15.6 Å². The Bertz CT molecular complexity index is 1630. The Morgan fingerprint density at radius 1 is 1.19 bits per heavy atom. The van der Waals surface area contributed by atoms with E-state index in [0.29, 0.717) is 23.6 Å². The fourth-order valence-electron chi connectivity index (χ4n) is 5.20. The van der Waals surface area contributed by atoms with Gasteiger partial charge in [0, 0.05) is 22.2 Å². The number of aromatic nitrogens is 2. The van der Waals surface area contributed by atoms with E-state index in [1.807, 2.05) is 0 Å². The second kappa shape index (κ2) is 11.9. The van der Waals surface area contributed by atoms with Crippen LogP contribution in [0.4, 0.5) is 8.78 Å². The summed E-state index contributed by atoms with van der Waals surface area (Å²) < 4.78 is 35.4. The number of nitriles is 1. The SMILES string of the molecule is Cc1cc(Oc2c(C)cc(C(=O)N[C@H](C)C(=O)N3[C@H](c4cc(Cl)ccc4F)CC[C@@H]3C(C)(C)C#N)cc2F)c(=O)[nH]n1. The molecular formula is C30H30ClF2N5O4. The summed E-state index contributed by atoms with van der Waals surface area (Å²) in [6, 6.07) is 7.63. The van der Waals surface area contributed by atoms with Crippen molar-refractivity contribution in [3.63, 3.8) is 0 Å². The molecule has 3 aromatic rings. The first-order valence-corrected chi connectivity index (χ1v) is 13.6. The third-order valence-corrected chi connectivity index (χ3v) is 7.63. The third kappa shape index (κ3) is 6.14. The fourth-order valence-corrected chi connectivity index (χ4v) is 5.38. The molecule has 0 unspecified atom stereocenters. The zero-order valence-electron chi connectivity index (χ0n) is 23.7. The number of hydrogen-bond donors (Lipinski definition) is 2. The van der Waals surface area contributed by atoms with Gasteiger partial charge >= 0.3 is 5.56 Å². The summed E-state index contributed by atoms with van der Waals surface area (Å²) in [7, 11) is 0. The van der Waals surface area contributed by atoms with Crippen LogP contribution in [0.5, 0.6) is 11.5 Å². The van der Waals surface area contributed by atoms with Crippen molar-refractivity contribution in [3.05, 3.63) is 85.8 Å². The molecule has 0 spiro atoms. The van der Waals surface area contributed by atoms with Gasteiger partial charge in [0.15, 0.2) is 17.3 Å². The number of amides is 2. The van der Waals surface area contributed by atoms with Crippen molar-refractivity contribution in [2.45, 2.75) is 65.6 Å². The molecule has 4 rings (SSSR count). The Kier molecular flexibility index (Phi) is 8.68. The molecule has 2 amide bonds. The van der Waals surface area contributed by atoms with Crippen molar-refractivity contribution in [3.8, 4) is 17.6 Å². The normalized spacial score (nSPS) is 17.5. The minimum absolute atomic E-state index is 0.0791. The predicted octanol–water partition coefficient (Wildman–Crippen LogP) is 5.51. The summed E-state index contributed by atoms with van der Waals surface area (Å²) in [5, 5.41) is 18.7. The lowest BCUT2D eigenvalue weighted by molar-refractivity contribution is -0.137. The summed E-state index contributed by atoms with van der Waals surface area (Å²) in [5.41, 5.74) is -0.777. The van der Waals surface area contributed by atoms with E-state index in [-0.39, 0.29) is 28.2 Å². The monoisotopic (exact) mass is 597 g/mol. The molecule has 2 N–H and O–H groups in total. The molecule has 1 aliphatic heterocycles. The highest BCUT2D eigenvalue weighted by Gasteiger charge is 2.47. The summed E-state index contributed by atoms with van der Waals surface area (Å²) in [5.74, 6) is -3.08. The molecule has 1 saturated heterocycles. The molecule has 1 aromatic heterocycles. The third-order valence-electron chi connectivity index (χ3n) is 7.40. The van der Waals surface area contributed by atoms with E-state index in [4.69, 9.17) is 16.3 Å². The van der Waals surface area contributed by atoms with Crippen molar-refractivity contribution < 1.29 is 23.1 Å². The maximum Gasteiger partial charge on any atom is 0.307 e. The summed E-state index contributed by atoms with van der Waals surface area (Å²) in [6.45, 7) is 8.01. The lowest BCUT2D eigenvalue weighted by Crippen LogP contribution is -2.52. The first-order chi connectivity index (χ1) is 19.7. The van der Waals surface area contributed by atoms with Gasteiger partial charge in [0.1, 0.15) is 11.9 Å². The maximum atomic E-state index is 15.1. The zero-order chi connectivity index (χ0) is 30.9. The summed E-state index contributed by atoms with van der Waals surface area (Å²) in [6.07, 6.45) is 0.834. The Labute approximate surface area is 246 Å². The largest absolute Gasteiger partial charge is 0.448 e. The van der Waals surface area contributed by atoms with Crippen molar-refractivity contribution in [1.29, 1.82) is 5.26 Å². The molecule has 0 aliphatic carbocycles. The van der Waals surface area contributed by atoms with Crippen LogP contribution in [0.3, 0.4) is 0 Å². The first-order valence-electron chi connectivity index (χ1n) is 13.3. The number of H-pyrrole nitrogens is 1. The Balaban J connectivity index is 1.58. The highest BCUT2D eigenvalue weighted by molar-refractivity contribution is 6.30. The molecule has 2 heterocycles. The minimum Gasteiger partial charge on any atom is -0.448 e. The van der Waals surface area contributed by atoms with Gasteiger partial charge in [-0.1, -0.05) is 11.6 Å². The summed E-state index contributed by atoms with van der Waals surface area (Å²) >= 11 is 6.13. The highest BCUT2D eigenvalue weighted by Crippen LogP contribution is 2.44. The van der Waals surface area contributed by atoms with Gasteiger partial charge < -0.3 is 15.0 Å². The van der Waals surface area contributed by atoms with Crippen LogP contribution in [0.25, 0.3) is 0 Å². The van der Waals surface area contributed by atoms with Gasteiger partial charge in [-0.15, -0.1) is 0 Å². The molecule has 3 atom stereocenters. The molecule has 9 nitrogen and oxygen atoms in total. The van der Waals surface area contributed by atoms with E-state index in [0.717, 1.165) is 6.07 Å². The molecule has 12 heteroatoms. The smallest absolute Gasteiger partial charge is 0.307 e. The van der Waals surface area contributed by atoms with Crippen LogP contribution in [-0.4, -0.2) is 39.0 Å². The molecule has 42 heavy (non-hydrogen) atoms. The Morgan fingerprint density at radius 3 is 2.57 bits per heavy atom. The number of ether oxygens (including phenoxy) is 1. The number of rotatable bonds is 7. The number of aromatic amines is 1. The maximum absolute atomic E-state index is 15.1.